The number of halogens is 1. The molecule has 3 atom stereocenters. The van der Waals surface area contributed by atoms with Crippen LogP contribution in [0.2, 0.25) is 0 Å². The predicted molar refractivity (Wildman–Crippen MR) is 99.5 cm³/mol. The van der Waals surface area contributed by atoms with Gasteiger partial charge in [-0.25, -0.2) is 0 Å². The molecule has 5 nitrogen and oxygen atoms in total. The Kier molecular flexibility index (Phi) is 4.79. The molecule has 1 aliphatic heterocycles. The highest BCUT2D eigenvalue weighted by atomic mass is 35.5. The molecule has 0 saturated carbocycles. The second kappa shape index (κ2) is 7.20. The number of benzene rings is 1. The second-order valence-electron chi connectivity index (χ2n) is 6.75. The van der Waals surface area contributed by atoms with Gasteiger partial charge in [-0.05, 0) is 49.4 Å². The van der Waals surface area contributed by atoms with Gasteiger partial charge in [0.25, 0.3) is 0 Å². The first-order chi connectivity index (χ1) is 12.2. The van der Waals surface area contributed by atoms with Gasteiger partial charge >= 0.3 is 0 Å². The zero-order chi connectivity index (χ0) is 17.2. The zero-order valence-electron chi connectivity index (χ0n) is 14.3. The monoisotopic (exact) mass is 358 g/mol. The normalized spacial score (nSPS) is 24.0. The molecule has 132 valence electrons. The quantitative estimate of drug-likeness (QED) is 0.682. The van der Waals surface area contributed by atoms with Crippen molar-refractivity contribution in [3.63, 3.8) is 0 Å². The van der Waals surface area contributed by atoms with Crippen molar-refractivity contribution < 1.29 is 4.74 Å². The van der Waals surface area contributed by atoms with Crippen LogP contribution in [0.3, 0.4) is 0 Å². The smallest absolute Gasteiger partial charge is 0.132 e. The second-order valence-corrected chi connectivity index (χ2v) is 7.23. The number of nitrogens with one attached hydrogen (secondary N) is 2. The van der Waals surface area contributed by atoms with Crippen LogP contribution in [0, 0.1) is 5.92 Å². The topological polar surface area (TPSA) is 54.9 Å². The van der Waals surface area contributed by atoms with Crippen LogP contribution in [0.5, 0.6) is 0 Å². The van der Waals surface area contributed by atoms with E-state index in [1.807, 2.05) is 7.05 Å². The number of hydrogen-bond donors (Lipinski definition) is 2. The number of hydrogen-bond acceptors (Lipinski definition) is 3. The summed E-state index contributed by atoms with van der Waals surface area (Å²) in [5, 5.41) is 11.9. The number of aromatic nitrogens is 3. The fraction of sp³-hybridized carbons (Fsp3) is 0.421. The van der Waals surface area contributed by atoms with Gasteiger partial charge in [0, 0.05) is 30.5 Å². The number of alkyl halides is 1. The Morgan fingerprint density at radius 2 is 2.20 bits per heavy atom. The lowest BCUT2D eigenvalue weighted by Gasteiger charge is -2.32. The Labute approximate surface area is 152 Å². The highest BCUT2D eigenvalue weighted by Crippen LogP contribution is 2.37. The molecule has 3 unspecified atom stereocenters. The third-order valence-electron chi connectivity index (χ3n) is 4.86. The van der Waals surface area contributed by atoms with Crippen LogP contribution in [-0.4, -0.2) is 27.4 Å². The van der Waals surface area contributed by atoms with Crippen LogP contribution in [-0.2, 0) is 17.8 Å². The third-order valence-corrected chi connectivity index (χ3v) is 5.14. The number of H-pyrrole nitrogens is 1. The average Bonchev–Trinajstić information content (AvgIpc) is 3.23. The summed E-state index contributed by atoms with van der Waals surface area (Å²) in [4.78, 5) is 0. The van der Waals surface area contributed by atoms with Gasteiger partial charge in [0.2, 0.25) is 0 Å². The summed E-state index contributed by atoms with van der Waals surface area (Å²) in [6.45, 7) is 1.72. The summed E-state index contributed by atoms with van der Waals surface area (Å²) in [5.74, 6) is 0.460. The van der Waals surface area contributed by atoms with Gasteiger partial charge in [-0.1, -0.05) is 29.8 Å². The Morgan fingerprint density at radius 1 is 1.32 bits per heavy atom. The largest absolute Gasteiger partial charge is 0.353 e. The van der Waals surface area contributed by atoms with Crippen LogP contribution in [0.25, 0.3) is 10.9 Å². The number of aromatic amines is 1. The molecule has 0 radical (unpaired) electrons. The molecule has 6 heteroatoms. The van der Waals surface area contributed by atoms with Crippen molar-refractivity contribution in [1.29, 1.82) is 0 Å². The molecule has 3 aromatic rings. The Morgan fingerprint density at radius 3 is 3.08 bits per heavy atom. The minimum atomic E-state index is -0.268. The first-order valence-corrected chi connectivity index (χ1v) is 9.19. The molecule has 25 heavy (non-hydrogen) atoms. The SMILES string of the molecule is CNCc1cc(C2CC(Cn3ccc4ccccc43)CC(Cl)O2)n[nH]1. The van der Waals surface area contributed by atoms with E-state index in [1.165, 1.54) is 10.9 Å². The lowest BCUT2D eigenvalue weighted by molar-refractivity contribution is -0.0385. The molecule has 0 aliphatic carbocycles. The maximum Gasteiger partial charge on any atom is 0.132 e. The van der Waals surface area contributed by atoms with Gasteiger partial charge < -0.3 is 14.6 Å². The number of fused-ring (bicyclic) bond motifs is 1. The fourth-order valence-electron chi connectivity index (χ4n) is 3.69. The van der Waals surface area contributed by atoms with Gasteiger partial charge in [0.1, 0.15) is 11.7 Å². The highest BCUT2D eigenvalue weighted by Gasteiger charge is 2.31. The zero-order valence-corrected chi connectivity index (χ0v) is 15.0. The maximum absolute atomic E-state index is 6.40. The van der Waals surface area contributed by atoms with Crippen molar-refractivity contribution in [1.82, 2.24) is 20.1 Å². The van der Waals surface area contributed by atoms with E-state index in [2.05, 4.69) is 62.7 Å². The summed E-state index contributed by atoms with van der Waals surface area (Å²) >= 11 is 6.40. The summed E-state index contributed by atoms with van der Waals surface area (Å²) in [7, 11) is 1.92. The standard InChI is InChI=1S/C19H23ClN4O/c1-21-11-15-10-16(23-22-15)18-8-13(9-19(20)25-18)12-24-7-6-14-4-2-3-5-17(14)24/h2-7,10,13,18-19,21H,8-9,11-12H2,1H3,(H,22,23). The van der Waals surface area contributed by atoms with E-state index in [0.29, 0.717) is 5.92 Å². The van der Waals surface area contributed by atoms with E-state index in [9.17, 15) is 0 Å². The number of nitrogens with zero attached hydrogens (tertiary/aromatic N) is 2. The molecule has 0 bridgehead atoms. The number of para-hydroxylation sites is 1. The van der Waals surface area contributed by atoms with Crippen LogP contribution in [0.4, 0.5) is 0 Å². The molecule has 1 saturated heterocycles. The van der Waals surface area contributed by atoms with Gasteiger partial charge in [-0.15, -0.1) is 0 Å². The number of rotatable bonds is 5. The third kappa shape index (κ3) is 3.59. The first-order valence-electron chi connectivity index (χ1n) is 8.75. The van der Waals surface area contributed by atoms with Crippen molar-refractivity contribution in [2.45, 2.75) is 37.6 Å². The summed E-state index contributed by atoms with van der Waals surface area (Å²) in [6, 6.07) is 12.7. The van der Waals surface area contributed by atoms with Crippen LogP contribution in [0.15, 0.2) is 42.6 Å². The minimum absolute atomic E-state index is 0.0510. The first kappa shape index (κ1) is 16.6. The van der Waals surface area contributed by atoms with E-state index >= 15 is 0 Å². The van der Waals surface area contributed by atoms with E-state index in [-0.39, 0.29) is 11.7 Å². The van der Waals surface area contributed by atoms with Gasteiger partial charge in [-0.2, -0.15) is 5.10 Å². The lowest BCUT2D eigenvalue weighted by atomic mass is 9.93. The predicted octanol–water partition coefficient (Wildman–Crippen LogP) is 3.82. The molecule has 2 N–H and O–H groups in total. The van der Waals surface area contributed by atoms with E-state index in [0.717, 1.165) is 37.3 Å². The molecule has 4 rings (SSSR count). The molecule has 2 aromatic heterocycles. The highest BCUT2D eigenvalue weighted by molar-refractivity contribution is 6.19. The Balaban J connectivity index is 1.50. The van der Waals surface area contributed by atoms with Crippen molar-refractivity contribution in [2.24, 2.45) is 5.92 Å². The maximum atomic E-state index is 6.40. The van der Waals surface area contributed by atoms with Crippen molar-refractivity contribution in [3.05, 3.63) is 54.0 Å². The Hall–Kier alpha value is -1.82. The molecule has 1 fully saturated rings. The van der Waals surface area contributed by atoms with Gasteiger partial charge in [0.05, 0.1) is 5.69 Å². The summed E-state index contributed by atoms with van der Waals surface area (Å²) < 4.78 is 8.28. The van der Waals surface area contributed by atoms with E-state index in [1.54, 1.807) is 0 Å². The number of ether oxygens (including phenoxy) is 1. The van der Waals surface area contributed by atoms with Crippen molar-refractivity contribution in [2.75, 3.05) is 7.05 Å². The van der Waals surface area contributed by atoms with E-state index < -0.39 is 0 Å². The molecule has 1 aromatic carbocycles. The molecule has 0 spiro atoms. The molecule has 1 aliphatic rings. The van der Waals surface area contributed by atoms with Gasteiger partial charge in [-0.3, -0.25) is 5.10 Å². The molecular weight excluding hydrogens is 336 g/mol. The van der Waals surface area contributed by atoms with Crippen molar-refractivity contribution >= 4 is 22.5 Å². The van der Waals surface area contributed by atoms with E-state index in [4.69, 9.17) is 16.3 Å². The fourth-order valence-corrected chi connectivity index (χ4v) is 4.07. The molecular formula is C19H23ClN4O. The Bertz CT molecular complexity index is 843. The van der Waals surface area contributed by atoms with Crippen LogP contribution >= 0.6 is 11.6 Å². The van der Waals surface area contributed by atoms with Crippen LogP contribution in [0.1, 0.15) is 30.3 Å². The molecule has 0 amide bonds. The van der Waals surface area contributed by atoms with Crippen LogP contribution < -0.4 is 5.32 Å². The average molecular weight is 359 g/mol. The van der Waals surface area contributed by atoms with Crippen molar-refractivity contribution in [3.8, 4) is 0 Å². The van der Waals surface area contributed by atoms with Gasteiger partial charge in [0.15, 0.2) is 0 Å². The molecule has 3 heterocycles. The summed E-state index contributed by atoms with van der Waals surface area (Å²) in [6.07, 6.45) is 3.90. The minimum Gasteiger partial charge on any atom is -0.353 e. The lowest BCUT2D eigenvalue weighted by Crippen LogP contribution is -2.27. The summed E-state index contributed by atoms with van der Waals surface area (Å²) in [5.41, 5.74) is 3.01.